The molecule has 0 fully saturated rings. The lowest BCUT2D eigenvalue weighted by atomic mass is 10.1. The third-order valence-electron chi connectivity index (χ3n) is 1.81. The smallest absolute Gasteiger partial charge is 0.0595 e. The SMILES string of the molecule is CCC(N)c1ccc(Cl)c(Cl)c1. The van der Waals surface area contributed by atoms with Gasteiger partial charge in [0.15, 0.2) is 0 Å². The molecule has 0 aromatic heterocycles. The van der Waals surface area contributed by atoms with Crippen LogP contribution in [0.5, 0.6) is 0 Å². The number of rotatable bonds is 2. The molecule has 1 aromatic rings. The average Bonchev–Trinajstić information content (AvgIpc) is 2.08. The van der Waals surface area contributed by atoms with Crippen LogP contribution in [0.25, 0.3) is 0 Å². The minimum Gasteiger partial charge on any atom is -0.324 e. The molecular formula is C9H11Cl2N. The van der Waals surface area contributed by atoms with Gasteiger partial charge in [0.1, 0.15) is 0 Å². The summed E-state index contributed by atoms with van der Waals surface area (Å²) in [7, 11) is 0. The van der Waals surface area contributed by atoms with Gasteiger partial charge in [0, 0.05) is 6.04 Å². The molecule has 1 nitrogen and oxygen atoms in total. The first-order valence-electron chi connectivity index (χ1n) is 3.85. The summed E-state index contributed by atoms with van der Waals surface area (Å²) in [5, 5.41) is 1.14. The van der Waals surface area contributed by atoms with Gasteiger partial charge in [-0.25, -0.2) is 0 Å². The number of nitrogens with two attached hydrogens (primary N) is 1. The van der Waals surface area contributed by atoms with E-state index in [2.05, 4.69) is 0 Å². The van der Waals surface area contributed by atoms with Gasteiger partial charge in [0.25, 0.3) is 0 Å². The Morgan fingerprint density at radius 3 is 2.50 bits per heavy atom. The van der Waals surface area contributed by atoms with Gasteiger partial charge >= 0.3 is 0 Å². The maximum absolute atomic E-state index is 5.83. The van der Waals surface area contributed by atoms with E-state index in [1.807, 2.05) is 19.1 Å². The summed E-state index contributed by atoms with van der Waals surface area (Å²) in [4.78, 5) is 0. The lowest BCUT2D eigenvalue weighted by Gasteiger charge is -2.09. The van der Waals surface area contributed by atoms with E-state index < -0.39 is 0 Å². The first-order valence-corrected chi connectivity index (χ1v) is 4.61. The molecule has 0 spiro atoms. The fourth-order valence-electron chi connectivity index (χ4n) is 0.979. The van der Waals surface area contributed by atoms with Crippen LogP contribution in [0.2, 0.25) is 10.0 Å². The van der Waals surface area contributed by atoms with Crippen molar-refractivity contribution < 1.29 is 0 Å². The van der Waals surface area contributed by atoms with Crippen LogP contribution in [-0.4, -0.2) is 0 Å². The van der Waals surface area contributed by atoms with Crippen molar-refractivity contribution in [2.45, 2.75) is 19.4 Å². The first kappa shape index (κ1) is 9.85. The molecule has 0 heterocycles. The molecule has 0 radical (unpaired) electrons. The molecule has 1 atom stereocenters. The second-order valence-corrected chi connectivity index (χ2v) is 3.50. The van der Waals surface area contributed by atoms with Crippen molar-refractivity contribution in [3.63, 3.8) is 0 Å². The Labute approximate surface area is 82.5 Å². The van der Waals surface area contributed by atoms with Crippen LogP contribution in [0.1, 0.15) is 24.9 Å². The Morgan fingerprint density at radius 2 is 2.00 bits per heavy atom. The van der Waals surface area contributed by atoms with Crippen LogP contribution in [0.15, 0.2) is 18.2 Å². The Kier molecular flexibility index (Phi) is 3.39. The lowest BCUT2D eigenvalue weighted by molar-refractivity contribution is 0.699. The zero-order valence-electron chi connectivity index (χ0n) is 6.85. The van der Waals surface area contributed by atoms with Crippen molar-refractivity contribution in [3.05, 3.63) is 33.8 Å². The van der Waals surface area contributed by atoms with Crippen molar-refractivity contribution in [1.29, 1.82) is 0 Å². The van der Waals surface area contributed by atoms with E-state index in [4.69, 9.17) is 28.9 Å². The van der Waals surface area contributed by atoms with Crippen LogP contribution in [-0.2, 0) is 0 Å². The Bertz CT molecular complexity index is 273. The molecule has 3 heteroatoms. The summed E-state index contributed by atoms with van der Waals surface area (Å²) in [5.41, 5.74) is 6.85. The van der Waals surface area contributed by atoms with Crippen LogP contribution >= 0.6 is 23.2 Å². The quantitative estimate of drug-likeness (QED) is 0.784. The predicted molar refractivity (Wildman–Crippen MR) is 53.7 cm³/mol. The van der Waals surface area contributed by atoms with Gasteiger partial charge < -0.3 is 5.73 Å². The highest BCUT2D eigenvalue weighted by Crippen LogP contribution is 2.25. The molecule has 12 heavy (non-hydrogen) atoms. The predicted octanol–water partition coefficient (Wildman–Crippen LogP) is 3.40. The van der Waals surface area contributed by atoms with Gasteiger partial charge in [-0.1, -0.05) is 36.2 Å². The number of hydrogen-bond acceptors (Lipinski definition) is 1. The van der Waals surface area contributed by atoms with Gasteiger partial charge in [0.2, 0.25) is 0 Å². The highest BCUT2D eigenvalue weighted by molar-refractivity contribution is 6.42. The molecule has 2 N–H and O–H groups in total. The summed E-state index contributed by atoms with van der Waals surface area (Å²) in [6.07, 6.45) is 0.901. The summed E-state index contributed by atoms with van der Waals surface area (Å²) in [6, 6.07) is 5.55. The Balaban J connectivity index is 2.96. The van der Waals surface area contributed by atoms with E-state index in [1.54, 1.807) is 6.07 Å². The number of benzene rings is 1. The number of hydrogen-bond donors (Lipinski definition) is 1. The van der Waals surface area contributed by atoms with Crippen molar-refractivity contribution in [2.24, 2.45) is 5.73 Å². The molecule has 0 aliphatic carbocycles. The molecule has 0 amide bonds. The molecule has 1 unspecified atom stereocenters. The summed E-state index contributed by atoms with van der Waals surface area (Å²) < 4.78 is 0. The van der Waals surface area contributed by atoms with Gasteiger partial charge in [-0.2, -0.15) is 0 Å². The maximum atomic E-state index is 5.83. The second kappa shape index (κ2) is 4.13. The van der Waals surface area contributed by atoms with Gasteiger partial charge in [-0.05, 0) is 24.1 Å². The minimum atomic E-state index is 0.0553. The largest absolute Gasteiger partial charge is 0.324 e. The summed E-state index contributed by atoms with van der Waals surface area (Å²) in [6.45, 7) is 2.03. The summed E-state index contributed by atoms with van der Waals surface area (Å²) in [5.74, 6) is 0. The Morgan fingerprint density at radius 1 is 1.33 bits per heavy atom. The molecule has 1 rings (SSSR count). The topological polar surface area (TPSA) is 26.0 Å². The van der Waals surface area contributed by atoms with E-state index in [-0.39, 0.29) is 6.04 Å². The third-order valence-corrected chi connectivity index (χ3v) is 2.55. The molecule has 0 aliphatic rings. The first-order chi connectivity index (χ1) is 5.65. The summed E-state index contributed by atoms with van der Waals surface area (Å²) >= 11 is 11.6. The molecule has 0 aliphatic heterocycles. The van der Waals surface area contributed by atoms with Crippen molar-refractivity contribution >= 4 is 23.2 Å². The van der Waals surface area contributed by atoms with Crippen molar-refractivity contribution in [3.8, 4) is 0 Å². The highest BCUT2D eigenvalue weighted by atomic mass is 35.5. The number of halogens is 2. The van der Waals surface area contributed by atoms with E-state index in [0.717, 1.165) is 12.0 Å². The maximum Gasteiger partial charge on any atom is 0.0595 e. The fraction of sp³-hybridized carbons (Fsp3) is 0.333. The van der Waals surface area contributed by atoms with E-state index >= 15 is 0 Å². The lowest BCUT2D eigenvalue weighted by Crippen LogP contribution is -2.08. The van der Waals surface area contributed by atoms with Crippen LogP contribution in [0.4, 0.5) is 0 Å². The fourth-order valence-corrected chi connectivity index (χ4v) is 1.29. The van der Waals surface area contributed by atoms with E-state index in [9.17, 15) is 0 Å². The zero-order chi connectivity index (χ0) is 9.14. The zero-order valence-corrected chi connectivity index (χ0v) is 8.36. The third kappa shape index (κ3) is 2.13. The monoisotopic (exact) mass is 203 g/mol. The minimum absolute atomic E-state index is 0.0553. The van der Waals surface area contributed by atoms with Crippen LogP contribution in [0.3, 0.4) is 0 Å². The Hall–Kier alpha value is -0.240. The van der Waals surface area contributed by atoms with Crippen LogP contribution in [0, 0.1) is 0 Å². The van der Waals surface area contributed by atoms with Gasteiger partial charge in [-0.15, -0.1) is 0 Å². The molecule has 1 aromatic carbocycles. The normalized spacial score (nSPS) is 13.0. The molecular weight excluding hydrogens is 193 g/mol. The van der Waals surface area contributed by atoms with E-state index in [1.165, 1.54) is 0 Å². The highest BCUT2D eigenvalue weighted by Gasteiger charge is 2.04. The van der Waals surface area contributed by atoms with Crippen LogP contribution < -0.4 is 5.73 Å². The van der Waals surface area contributed by atoms with Crippen molar-refractivity contribution in [2.75, 3.05) is 0 Å². The standard InChI is InChI=1S/C9H11Cl2N/c1-2-9(12)6-3-4-7(10)8(11)5-6/h3-5,9H,2,12H2,1H3. The molecule has 0 saturated carbocycles. The molecule has 0 bridgehead atoms. The average molecular weight is 204 g/mol. The van der Waals surface area contributed by atoms with Gasteiger partial charge in [-0.3, -0.25) is 0 Å². The van der Waals surface area contributed by atoms with Gasteiger partial charge in [0.05, 0.1) is 10.0 Å². The molecule has 66 valence electrons. The van der Waals surface area contributed by atoms with E-state index in [0.29, 0.717) is 10.0 Å². The van der Waals surface area contributed by atoms with Crippen molar-refractivity contribution in [1.82, 2.24) is 0 Å². The molecule has 0 saturated heterocycles. The second-order valence-electron chi connectivity index (χ2n) is 2.69.